The Labute approximate surface area is 68.1 Å². The molecule has 0 saturated carbocycles. The molecule has 3 heteroatoms. The molecule has 1 atom stereocenters. The fraction of sp³-hybridized carbons (Fsp3) is 0.875. The highest BCUT2D eigenvalue weighted by molar-refractivity contribution is 5.75. The summed E-state index contributed by atoms with van der Waals surface area (Å²) >= 11 is 0. The van der Waals surface area contributed by atoms with Crippen molar-refractivity contribution in [2.75, 3.05) is 7.11 Å². The zero-order valence-corrected chi connectivity index (χ0v) is 7.89. The Bertz CT molecular complexity index is 138. The van der Waals surface area contributed by atoms with Gasteiger partial charge in [-0.3, -0.25) is 10.1 Å². The molecule has 0 aromatic carbocycles. The molecule has 0 spiro atoms. The van der Waals surface area contributed by atoms with Crippen molar-refractivity contribution >= 4 is 5.97 Å². The molecule has 0 amide bonds. The molecule has 0 saturated heterocycles. The smallest absolute Gasteiger partial charge is 0.322 e. The predicted molar refractivity (Wildman–Crippen MR) is 44.4 cm³/mol. The van der Waals surface area contributed by atoms with Gasteiger partial charge in [-0.2, -0.15) is 0 Å². The number of carbonyl (C=O) groups is 1. The first kappa shape index (κ1) is 10.4. The van der Waals surface area contributed by atoms with Crippen LogP contribution in [0.4, 0.5) is 0 Å². The lowest BCUT2D eigenvalue weighted by atomic mass is 10.1. The molecule has 0 aliphatic rings. The number of methoxy groups -OCH3 is 1. The number of hydrogen-bond acceptors (Lipinski definition) is 3. The van der Waals surface area contributed by atoms with Crippen molar-refractivity contribution in [3.63, 3.8) is 0 Å². The lowest BCUT2D eigenvalue weighted by molar-refractivity contribution is -0.143. The standard InChI is InChI=1S/C8H17NO2/c1-6(7(10)11-5)9-8(2,3)4/h6,9H,1-5H3/t6-/m1/s1. The van der Waals surface area contributed by atoms with Gasteiger partial charge in [0.25, 0.3) is 0 Å². The SMILES string of the molecule is COC(=O)[C@@H](C)NC(C)(C)C. The highest BCUT2D eigenvalue weighted by Gasteiger charge is 2.19. The van der Waals surface area contributed by atoms with Gasteiger partial charge in [-0.25, -0.2) is 0 Å². The van der Waals surface area contributed by atoms with Crippen LogP contribution in [-0.4, -0.2) is 24.7 Å². The largest absolute Gasteiger partial charge is 0.468 e. The third kappa shape index (κ3) is 4.79. The Kier molecular flexibility index (Phi) is 3.52. The summed E-state index contributed by atoms with van der Waals surface area (Å²) < 4.78 is 4.56. The first-order chi connectivity index (χ1) is 4.87. The molecule has 0 unspecified atom stereocenters. The molecule has 0 aromatic heterocycles. The summed E-state index contributed by atoms with van der Waals surface area (Å²) in [5, 5.41) is 3.10. The topological polar surface area (TPSA) is 38.3 Å². The molecular weight excluding hydrogens is 142 g/mol. The van der Waals surface area contributed by atoms with Crippen LogP contribution in [0.3, 0.4) is 0 Å². The van der Waals surface area contributed by atoms with E-state index in [9.17, 15) is 4.79 Å². The van der Waals surface area contributed by atoms with Crippen molar-refractivity contribution in [2.45, 2.75) is 39.3 Å². The average Bonchev–Trinajstić information content (AvgIpc) is 1.82. The molecule has 0 aliphatic carbocycles. The first-order valence-electron chi connectivity index (χ1n) is 3.72. The lowest BCUT2D eigenvalue weighted by Crippen LogP contribution is -2.46. The summed E-state index contributed by atoms with van der Waals surface area (Å²) in [5.41, 5.74) is -0.0480. The fourth-order valence-corrected chi connectivity index (χ4v) is 0.885. The van der Waals surface area contributed by atoms with Gasteiger partial charge in [0, 0.05) is 5.54 Å². The summed E-state index contributed by atoms with van der Waals surface area (Å²) in [4.78, 5) is 10.9. The number of carbonyl (C=O) groups excluding carboxylic acids is 1. The Morgan fingerprint density at radius 3 is 2.18 bits per heavy atom. The van der Waals surface area contributed by atoms with E-state index in [-0.39, 0.29) is 17.6 Å². The Hall–Kier alpha value is -0.570. The van der Waals surface area contributed by atoms with Gasteiger partial charge in [0.1, 0.15) is 6.04 Å². The van der Waals surface area contributed by atoms with Gasteiger partial charge in [-0.1, -0.05) is 0 Å². The summed E-state index contributed by atoms with van der Waals surface area (Å²) in [7, 11) is 1.39. The van der Waals surface area contributed by atoms with Crippen molar-refractivity contribution in [2.24, 2.45) is 0 Å². The molecule has 0 bridgehead atoms. The maximum absolute atomic E-state index is 10.9. The molecule has 3 nitrogen and oxygen atoms in total. The fourth-order valence-electron chi connectivity index (χ4n) is 0.885. The van der Waals surface area contributed by atoms with Crippen LogP contribution in [0, 0.1) is 0 Å². The number of ether oxygens (including phenoxy) is 1. The van der Waals surface area contributed by atoms with Crippen LogP contribution in [0.2, 0.25) is 0 Å². The second-order valence-corrected chi connectivity index (χ2v) is 3.64. The zero-order valence-electron chi connectivity index (χ0n) is 7.89. The van der Waals surface area contributed by atoms with Gasteiger partial charge in [0.2, 0.25) is 0 Å². The van der Waals surface area contributed by atoms with E-state index in [0.717, 1.165) is 0 Å². The van der Waals surface area contributed by atoms with Gasteiger partial charge in [0.15, 0.2) is 0 Å². The number of rotatable bonds is 2. The number of hydrogen-bond donors (Lipinski definition) is 1. The van der Waals surface area contributed by atoms with Gasteiger partial charge >= 0.3 is 5.97 Å². The van der Waals surface area contributed by atoms with Crippen LogP contribution in [0.15, 0.2) is 0 Å². The van der Waals surface area contributed by atoms with Crippen LogP contribution in [0.5, 0.6) is 0 Å². The third-order valence-electron chi connectivity index (χ3n) is 1.20. The summed E-state index contributed by atoms with van der Waals surface area (Å²) in [6, 6.07) is -0.236. The predicted octanol–water partition coefficient (Wildman–Crippen LogP) is 0.936. The van der Waals surface area contributed by atoms with E-state index < -0.39 is 0 Å². The second-order valence-electron chi connectivity index (χ2n) is 3.64. The summed E-state index contributed by atoms with van der Waals surface area (Å²) in [6.07, 6.45) is 0. The monoisotopic (exact) mass is 159 g/mol. The van der Waals surface area contributed by atoms with Gasteiger partial charge in [-0.15, -0.1) is 0 Å². The van der Waals surface area contributed by atoms with Crippen LogP contribution in [0.25, 0.3) is 0 Å². The average molecular weight is 159 g/mol. The molecule has 1 N–H and O–H groups in total. The minimum Gasteiger partial charge on any atom is -0.468 e. The van der Waals surface area contributed by atoms with E-state index in [1.807, 2.05) is 20.8 Å². The lowest BCUT2D eigenvalue weighted by Gasteiger charge is -2.24. The second kappa shape index (κ2) is 3.72. The number of nitrogens with one attached hydrogen (secondary N) is 1. The van der Waals surface area contributed by atoms with Crippen molar-refractivity contribution in [3.05, 3.63) is 0 Å². The maximum Gasteiger partial charge on any atom is 0.322 e. The highest BCUT2D eigenvalue weighted by Crippen LogP contribution is 2.01. The van der Waals surface area contributed by atoms with Gasteiger partial charge < -0.3 is 4.74 Å². The molecule has 0 aromatic rings. The molecular formula is C8H17NO2. The van der Waals surface area contributed by atoms with Crippen molar-refractivity contribution < 1.29 is 9.53 Å². The van der Waals surface area contributed by atoms with Crippen molar-refractivity contribution in [1.82, 2.24) is 5.32 Å². The van der Waals surface area contributed by atoms with E-state index >= 15 is 0 Å². The molecule has 0 fully saturated rings. The number of esters is 1. The highest BCUT2D eigenvalue weighted by atomic mass is 16.5. The Morgan fingerprint density at radius 2 is 1.91 bits per heavy atom. The normalized spacial score (nSPS) is 14.3. The van der Waals surface area contributed by atoms with E-state index in [1.54, 1.807) is 6.92 Å². The zero-order chi connectivity index (χ0) is 9.07. The van der Waals surface area contributed by atoms with Crippen LogP contribution < -0.4 is 5.32 Å². The molecule has 0 heterocycles. The van der Waals surface area contributed by atoms with Gasteiger partial charge in [0.05, 0.1) is 7.11 Å². The first-order valence-corrected chi connectivity index (χ1v) is 3.72. The minimum atomic E-state index is -0.236. The summed E-state index contributed by atoms with van der Waals surface area (Å²) in [5.74, 6) is -0.222. The summed E-state index contributed by atoms with van der Waals surface area (Å²) in [6.45, 7) is 7.81. The maximum atomic E-state index is 10.9. The van der Waals surface area contributed by atoms with Crippen LogP contribution in [0.1, 0.15) is 27.7 Å². The van der Waals surface area contributed by atoms with E-state index in [4.69, 9.17) is 0 Å². The molecule has 11 heavy (non-hydrogen) atoms. The minimum absolute atomic E-state index is 0.0480. The molecule has 0 radical (unpaired) electrons. The van der Waals surface area contributed by atoms with E-state index in [0.29, 0.717) is 0 Å². The Balaban J connectivity index is 3.87. The van der Waals surface area contributed by atoms with Crippen LogP contribution >= 0.6 is 0 Å². The van der Waals surface area contributed by atoms with Gasteiger partial charge in [-0.05, 0) is 27.7 Å². The van der Waals surface area contributed by atoms with E-state index in [1.165, 1.54) is 7.11 Å². The molecule has 66 valence electrons. The third-order valence-corrected chi connectivity index (χ3v) is 1.20. The molecule has 0 aliphatic heterocycles. The van der Waals surface area contributed by atoms with Crippen molar-refractivity contribution in [1.29, 1.82) is 0 Å². The Morgan fingerprint density at radius 1 is 1.45 bits per heavy atom. The van der Waals surface area contributed by atoms with E-state index in [2.05, 4.69) is 10.1 Å². The molecule has 0 rings (SSSR count). The van der Waals surface area contributed by atoms with Crippen molar-refractivity contribution in [3.8, 4) is 0 Å². The van der Waals surface area contributed by atoms with Crippen LogP contribution in [-0.2, 0) is 9.53 Å². The quantitative estimate of drug-likeness (QED) is 0.609.